The molecular formula is C13H16FN3O4. The Kier molecular flexibility index (Phi) is 4.08. The molecule has 1 saturated heterocycles. The van der Waals surface area contributed by atoms with E-state index in [0.29, 0.717) is 25.7 Å². The van der Waals surface area contributed by atoms with Crippen molar-refractivity contribution < 1.29 is 18.8 Å². The first-order valence-corrected chi connectivity index (χ1v) is 6.46. The Morgan fingerprint density at radius 2 is 2.29 bits per heavy atom. The maximum absolute atomic E-state index is 13.4. The zero-order valence-corrected chi connectivity index (χ0v) is 11.5. The van der Waals surface area contributed by atoms with Crippen molar-refractivity contribution in [1.29, 1.82) is 0 Å². The van der Waals surface area contributed by atoms with E-state index in [-0.39, 0.29) is 11.3 Å². The molecule has 1 aliphatic heterocycles. The molecule has 1 heterocycles. The molecule has 1 aromatic carbocycles. The molecule has 1 aliphatic rings. The lowest BCUT2D eigenvalue weighted by Gasteiger charge is -2.34. The average molecular weight is 297 g/mol. The topological polar surface area (TPSA) is 107 Å². The number of nitro groups is 1. The maximum Gasteiger partial charge on any atom is 0.295 e. The summed E-state index contributed by atoms with van der Waals surface area (Å²) in [5.74, 6) is -1.53. The van der Waals surface area contributed by atoms with Crippen LogP contribution in [0, 0.1) is 15.9 Å². The average Bonchev–Trinajstić information content (AvgIpc) is 2.40. The van der Waals surface area contributed by atoms with E-state index in [2.05, 4.69) is 5.32 Å². The monoisotopic (exact) mass is 297 g/mol. The summed E-state index contributed by atoms with van der Waals surface area (Å²) in [6.07, 6.45) is 1.49. The molecule has 0 saturated carbocycles. The first-order chi connectivity index (χ1) is 9.82. The number of carbonyl (C=O) groups excluding carboxylic acids is 1. The van der Waals surface area contributed by atoms with Crippen LogP contribution in [0.4, 0.5) is 15.8 Å². The van der Waals surface area contributed by atoms with Gasteiger partial charge in [0.05, 0.1) is 28.7 Å². The number of ether oxygens (including phenoxy) is 1. The van der Waals surface area contributed by atoms with E-state index in [1.165, 1.54) is 0 Å². The third kappa shape index (κ3) is 3.27. The Morgan fingerprint density at radius 3 is 2.86 bits per heavy atom. The highest BCUT2D eigenvalue weighted by Crippen LogP contribution is 2.28. The molecule has 8 heteroatoms. The fourth-order valence-electron chi connectivity index (χ4n) is 2.32. The van der Waals surface area contributed by atoms with Crippen molar-refractivity contribution in [2.45, 2.75) is 25.3 Å². The van der Waals surface area contributed by atoms with Crippen LogP contribution in [0.5, 0.6) is 0 Å². The lowest BCUT2D eigenvalue weighted by Crippen LogP contribution is -2.51. The first-order valence-electron chi connectivity index (χ1n) is 6.46. The lowest BCUT2D eigenvalue weighted by molar-refractivity contribution is -0.384. The Hall–Kier alpha value is -2.22. The predicted molar refractivity (Wildman–Crippen MR) is 73.4 cm³/mol. The number of nitro benzene ring substituents is 1. The molecule has 0 aromatic heterocycles. The number of hydrogen-bond acceptors (Lipinski definition) is 5. The number of nitrogens with zero attached hydrogens (tertiary/aromatic N) is 1. The number of nitrogens with one attached hydrogen (secondary N) is 1. The Balaban J connectivity index is 2.29. The van der Waals surface area contributed by atoms with Crippen LogP contribution in [0.25, 0.3) is 0 Å². The number of carbonyl (C=O) groups is 1. The van der Waals surface area contributed by atoms with Crippen LogP contribution in [0.2, 0.25) is 0 Å². The van der Waals surface area contributed by atoms with Gasteiger partial charge in [0.1, 0.15) is 11.5 Å². The minimum atomic E-state index is -0.883. The molecule has 21 heavy (non-hydrogen) atoms. The highest BCUT2D eigenvalue weighted by Gasteiger charge is 2.31. The van der Waals surface area contributed by atoms with Gasteiger partial charge >= 0.3 is 0 Å². The molecule has 2 rings (SSSR count). The van der Waals surface area contributed by atoms with E-state index in [4.69, 9.17) is 10.5 Å². The van der Waals surface area contributed by atoms with Gasteiger partial charge in [-0.15, -0.1) is 0 Å². The number of nitrogens with two attached hydrogens (primary N) is 1. The molecule has 7 nitrogen and oxygen atoms in total. The smallest absolute Gasteiger partial charge is 0.295 e. The summed E-state index contributed by atoms with van der Waals surface area (Å²) in [4.78, 5) is 22.2. The van der Waals surface area contributed by atoms with E-state index < -0.39 is 27.9 Å². The molecule has 0 aliphatic carbocycles. The summed E-state index contributed by atoms with van der Waals surface area (Å²) in [6.45, 7) is 2.75. The van der Waals surface area contributed by atoms with Gasteiger partial charge in [-0.2, -0.15) is 0 Å². The minimum absolute atomic E-state index is 0.242. The second kappa shape index (κ2) is 5.65. The van der Waals surface area contributed by atoms with Gasteiger partial charge in [-0.3, -0.25) is 14.9 Å². The van der Waals surface area contributed by atoms with Gasteiger partial charge < -0.3 is 15.8 Å². The van der Waals surface area contributed by atoms with Crippen LogP contribution < -0.4 is 11.1 Å². The van der Waals surface area contributed by atoms with E-state index >= 15 is 0 Å². The molecule has 1 atom stereocenters. The molecule has 0 radical (unpaired) electrons. The number of rotatable bonds is 3. The number of hydrogen-bond donors (Lipinski definition) is 2. The molecule has 114 valence electrons. The quantitative estimate of drug-likeness (QED) is 0.500. The first kappa shape index (κ1) is 15.2. The fraction of sp³-hybridized carbons (Fsp3) is 0.462. The van der Waals surface area contributed by atoms with Gasteiger partial charge in [0, 0.05) is 6.61 Å². The number of nitrogen functional groups attached to an aromatic ring is 1. The third-order valence-electron chi connectivity index (χ3n) is 3.42. The highest BCUT2D eigenvalue weighted by atomic mass is 19.1. The van der Waals surface area contributed by atoms with Crippen LogP contribution in [-0.2, 0) is 4.74 Å². The summed E-state index contributed by atoms with van der Waals surface area (Å²) in [7, 11) is 0. The lowest BCUT2D eigenvalue weighted by atomic mass is 9.94. The Labute approximate surface area is 120 Å². The molecule has 1 fully saturated rings. The number of amides is 1. The largest absolute Gasteiger partial charge is 0.393 e. The third-order valence-corrected chi connectivity index (χ3v) is 3.42. The zero-order valence-electron chi connectivity index (χ0n) is 11.5. The normalized spacial score (nSPS) is 21.8. The van der Waals surface area contributed by atoms with E-state index in [9.17, 15) is 19.3 Å². The van der Waals surface area contributed by atoms with Crippen molar-refractivity contribution in [3.05, 3.63) is 33.6 Å². The summed E-state index contributed by atoms with van der Waals surface area (Å²) in [6, 6.07) is 1.59. The van der Waals surface area contributed by atoms with Gasteiger partial charge in [0.15, 0.2) is 0 Å². The number of benzene rings is 1. The minimum Gasteiger partial charge on any atom is -0.393 e. The van der Waals surface area contributed by atoms with Crippen LogP contribution in [0.3, 0.4) is 0 Å². The molecule has 3 N–H and O–H groups in total. The second-order valence-corrected chi connectivity index (χ2v) is 5.31. The number of anilines is 1. The standard InChI is InChI=1S/C13H16FN3O4/c1-13(3-2-4-21-7-13)16-12(18)9-5-8(14)6-10(11(9)15)17(19)20/h5-6H,2-4,7,15H2,1H3,(H,16,18). The molecule has 1 aromatic rings. The van der Waals surface area contributed by atoms with Crippen LogP contribution in [0.1, 0.15) is 30.1 Å². The maximum atomic E-state index is 13.4. The SMILES string of the molecule is CC1(NC(=O)c2cc(F)cc([N+](=O)[O-])c2N)CCCOC1. The van der Waals surface area contributed by atoms with Crippen LogP contribution in [-0.4, -0.2) is 29.6 Å². The number of halogens is 1. The molecule has 0 spiro atoms. The van der Waals surface area contributed by atoms with E-state index in [0.717, 1.165) is 12.5 Å². The fourth-order valence-corrected chi connectivity index (χ4v) is 2.32. The summed E-state index contributed by atoms with van der Waals surface area (Å²) in [5.41, 5.74) is 3.80. The Morgan fingerprint density at radius 1 is 1.57 bits per heavy atom. The highest BCUT2D eigenvalue weighted by molar-refractivity contribution is 6.01. The van der Waals surface area contributed by atoms with E-state index in [1.54, 1.807) is 6.92 Å². The van der Waals surface area contributed by atoms with Gasteiger partial charge in [0.25, 0.3) is 11.6 Å². The zero-order chi connectivity index (χ0) is 15.6. The van der Waals surface area contributed by atoms with Crippen LogP contribution >= 0.6 is 0 Å². The summed E-state index contributed by atoms with van der Waals surface area (Å²) < 4.78 is 18.7. The Bertz CT molecular complexity index is 585. The van der Waals surface area contributed by atoms with Gasteiger partial charge in [0.2, 0.25) is 0 Å². The molecule has 1 amide bonds. The van der Waals surface area contributed by atoms with Crippen molar-refractivity contribution in [2.75, 3.05) is 18.9 Å². The van der Waals surface area contributed by atoms with Gasteiger partial charge in [-0.05, 0) is 25.8 Å². The second-order valence-electron chi connectivity index (χ2n) is 5.31. The van der Waals surface area contributed by atoms with E-state index in [1.807, 2.05) is 0 Å². The summed E-state index contributed by atoms with van der Waals surface area (Å²) in [5, 5.41) is 13.5. The van der Waals surface area contributed by atoms with Crippen molar-refractivity contribution in [1.82, 2.24) is 5.32 Å². The van der Waals surface area contributed by atoms with Crippen molar-refractivity contribution in [3.63, 3.8) is 0 Å². The van der Waals surface area contributed by atoms with Crippen molar-refractivity contribution >= 4 is 17.3 Å². The predicted octanol–water partition coefficient (Wildman–Crippen LogP) is 1.62. The summed E-state index contributed by atoms with van der Waals surface area (Å²) >= 11 is 0. The van der Waals surface area contributed by atoms with Crippen molar-refractivity contribution in [3.8, 4) is 0 Å². The van der Waals surface area contributed by atoms with Crippen molar-refractivity contribution in [2.24, 2.45) is 0 Å². The molecular weight excluding hydrogens is 281 g/mol. The van der Waals surface area contributed by atoms with Gasteiger partial charge in [-0.25, -0.2) is 4.39 Å². The molecule has 1 unspecified atom stereocenters. The van der Waals surface area contributed by atoms with Gasteiger partial charge in [-0.1, -0.05) is 0 Å². The van der Waals surface area contributed by atoms with Crippen LogP contribution in [0.15, 0.2) is 12.1 Å². The molecule has 0 bridgehead atoms.